The summed E-state index contributed by atoms with van der Waals surface area (Å²) in [5, 5.41) is 3.87. The van der Waals surface area contributed by atoms with Crippen molar-refractivity contribution in [2.45, 2.75) is 63.5 Å². The number of fused-ring (bicyclic) bond motifs is 2. The maximum atomic E-state index is 13.5. The number of nitrogens with zero attached hydrogens (tertiary/aromatic N) is 3. The molecule has 0 aliphatic carbocycles. The topological polar surface area (TPSA) is 98.0 Å². The summed E-state index contributed by atoms with van der Waals surface area (Å²) in [7, 11) is 1.67. The summed E-state index contributed by atoms with van der Waals surface area (Å²) in [5.74, 6) is 0.0828. The molecule has 0 radical (unpaired) electrons. The molecule has 206 valence electrons. The van der Waals surface area contributed by atoms with Gasteiger partial charge in [-0.15, -0.1) is 0 Å². The molecule has 5 rings (SSSR count). The van der Waals surface area contributed by atoms with Crippen LogP contribution in [0.1, 0.15) is 50.5 Å². The summed E-state index contributed by atoms with van der Waals surface area (Å²) < 4.78 is 5.24. The van der Waals surface area contributed by atoms with E-state index in [1.807, 2.05) is 35.4 Å². The largest absolute Gasteiger partial charge is 0.385 e. The zero-order valence-corrected chi connectivity index (χ0v) is 22.5. The van der Waals surface area contributed by atoms with Crippen molar-refractivity contribution < 1.29 is 19.1 Å². The number of nitrogens with one attached hydrogen (secondary N) is 2. The number of urea groups is 1. The predicted octanol–water partition coefficient (Wildman–Crippen LogP) is 3.15. The summed E-state index contributed by atoms with van der Waals surface area (Å²) in [6.45, 7) is 4.52. The van der Waals surface area contributed by atoms with Gasteiger partial charge >= 0.3 is 6.03 Å². The molecule has 2 aromatic rings. The summed E-state index contributed by atoms with van der Waals surface area (Å²) in [5.41, 5.74) is 2.10. The van der Waals surface area contributed by atoms with Crippen molar-refractivity contribution in [2.24, 2.45) is 5.92 Å². The number of imide groups is 1. The first-order valence-electron chi connectivity index (χ1n) is 14.2. The Morgan fingerprint density at radius 3 is 2.84 bits per heavy atom. The van der Waals surface area contributed by atoms with E-state index in [0.29, 0.717) is 38.1 Å². The summed E-state index contributed by atoms with van der Waals surface area (Å²) >= 11 is 0. The molecule has 38 heavy (non-hydrogen) atoms. The van der Waals surface area contributed by atoms with Crippen LogP contribution in [0.15, 0.2) is 30.5 Å². The molecule has 3 fully saturated rings. The third-order valence-electron chi connectivity index (χ3n) is 8.58. The molecule has 2 N–H and O–H groups in total. The first-order valence-corrected chi connectivity index (χ1v) is 14.2. The molecule has 3 saturated heterocycles. The molecular weight excluding hydrogens is 482 g/mol. The highest BCUT2D eigenvalue weighted by Crippen LogP contribution is 2.31. The minimum atomic E-state index is -0.805. The van der Waals surface area contributed by atoms with Gasteiger partial charge in [-0.2, -0.15) is 0 Å². The van der Waals surface area contributed by atoms with Crippen LogP contribution in [0.2, 0.25) is 0 Å². The van der Waals surface area contributed by atoms with E-state index in [9.17, 15) is 14.4 Å². The van der Waals surface area contributed by atoms with Crippen LogP contribution in [-0.2, 0) is 20.7 Å². The van der Waals surface area contributed by atoms with Crippen molar-refractivity contribution >= 4 is 28.7 Å². The van der Waals surface area contributed by atoms with E-state index in [0.717, 1.165) is 42.4 Å². The second kappa shape index (κ2) is 12.3. The van der Waals surface area contributed by atoms with Gasteiger partial charge in [0, 0.05) is 56.5 Å². The number of hydrogen-bond donors (Lipinski definition) is 2. The lowest BCUT2D eigenvalue weighted by Crippen LogP contribution is -2.52. The number of aromatic nitrogens is 1. The van der Waals surface area contributed by atoms with E-state index < -0.39 is 12.1 Å². The highest BCUT2D eigenvalue weighted by Gasteiger charge is 2.40. The molecule has 9 nitrogen and oxygen atoms in total. The number of methoxy groups -OCH3 is 1. The van der Waals surface area contributed by atoms with Crippen LogP contribution >= 0.6 is 0 Å². The van der Waals surface area contributed by atoms with Gasteiger partial charge in [0.05, 0.1) is 6.42 Å². The molecule has 3 atom stereocenters. The van der Waals surface area contributed by atoms with Gasteiger partial charge in [0.25, 0.3) is 5.91 Å². The number of piperidine rings is 2. The zero-order valence-electron chi connectivity index (χ0n) is 22.5. The molecule has 3 aliphatic rings. The maximum Gasteiger partial charge on any atom is 0.324 e. The Morgan fingerprint density at radius 1 is 1.13 bits per heavy atom. The third-order valence-corrected chi connectivity index (χ3v) is 8.58. The fourth-order valence-corrected chi connectivity index (χ4v) is 6.59. The molecular formula is C29H41N5O4. The number of amides is 4. The van der Waals surface area contributed by atoms with E-state index in [-0.39, 0.29) is 24.8 Å². The number of H-pyrrole nitrogens is 1. The SMILES string of the molecule is COCCCN(C[C@@H]1CCCN2CCCC[C@H]12)C(=O)C[C@@H]1NC(=O)N(CCc2c[nH]c3ccccc23)C1=O. The Labute approximate surface area is 224 Å². The smallest absolute Gasteiger partial charge is 0.324 e. The van der Waals surface area contributed by atoms with Gasteiger partial charge in [-0.25, -0.2) is 4.79 Å². The monoisotopic (exact) mass is 523 g/mol. The van der Waals surface area contributed by atoms with Crippen molar-refractivity contribution in [3.8, 4) is 0 Å². The van der Waals surface area contributed by atoms with Crippen LogP contribution in [0.25, 0.3) is 10.9 Å². The second-order valence-corrected chi connectivity index (χ2v) is 11.0. The molecule has 0 bridgehead atoms. The second-order valence-electron chi connectivity index (χ2n) is 11.0. The van der Waals surface area contributed by atoms with Crippen molar-refractivity contribution in [2.75, 3.05) is 46.4 Å². The van der Waals surface area contributed by atoms with Gasteiger partial charge in [-0.3, -0.25) is 14.5 Å². The Balaban J connectivity index is 1.20. The number of carbonyl (C=O) groups is 3. The summed E-state index contributed by atoms with van der Waals surface area (Å²) in [6, 6.07) is 7.32. The fourth-order valence-electron chi connectivity index (χ4n) is 6.59. The van der Waals surface area contributed by atoms with Crippen molar-refractivity contribution in [1.82, 2.24) is 25.0 Å². The molecule has 1 aromatic heterocycles. The highest BCUT2D eigenvalue weighted by atomic mass is 16.5. The average molecular weight is 524 g/mol. The van der Waals surface area contributed by atoms with Crippen molar-refractivity contribution in [3.05, 3.63) is 36.0 Å². The summed E-state index contributed by atoms with van der Waals surface area (Å²) in [4.78, 5) is 48.4. The number of rotatable bonds is 11. The van der Waals surface area contributed by atoms with Crippen LogP contribution < -0.4 is 5.32 Å². The maximum absolute atomic E-state index is 13.5. The minimum absolute atomic E-state index is 0.00222. The number of hydrogen-bond acceptors (Lipinski definition) is 5. The van der Waals surface area contributed by atoms with E-state index in [4.69, 9.17) is 4.74 Å². The number of ether oxygens (including phenoxy) is 1. The van der Waals surface area contributed by atoms with Crippen LogP contribution in [-0.4, -0.2) is 96.1 Å². The fraction of sp³-hybridized carbons (Fsp3) is 0.621. The first kappa shape index (κ1) is 26.7. The molecule has 0 saturated carbocycles. The molecule has 4 amide bonds. The number of carbonyl (C=O) groups excluding carboxylic acids is 3. The number of para-hydroxylation sites is 1. The van der Waals surface area contributed by atoms with Crippen molar-refractivity contribution in [3.63, 3.8) is 0 Å². The zero-order chi connectivity index (χ0) is 26.5. The lowest BCUT2D eigenvalue weighted by molar-refractivity contribution is -0.136. The minimum Gasteiger partial charge on any atom is -0.385 e. The van der Waals surface area contributed by atoms with Crippen LogP contribution in [0.4, 0.5) is 4.79 Å². The first-order chi connectivity index (χ1) is 18.5. The van der Waals surface area contributed by atoms with Gasteiger partial charge in [0.1, 0.15) is 6.04 Å². The predicted molar refractivity (Wildman–Crippen MR) is 146 cm³/mol. The Bertz CT molecular complexity index is 1130. The Kier molecular flexibility index (Phi) is 8.64. The van der Waals surface area contributed by atoms with E-state index in [1.54, 1.807) is 7.11 Å². The standard InChI is InChI=1S/C29H41N5O4/c1-38-17-7-15-33(20-22-8-6-14-32-13-5-4-11-26(22)32)27(35)18-25-28(36)34(29(37)31-25)16-12-21-19-30-24-10-3-2-9-23(21)24/h2-3,9-10,19,22,25-26,30H,4-8,11-18,20H2,1H3,(H,31,37)/t22-,25-,26+/m0/s1. The van der Waals surface area contributed by atoms with Gasteiger partial charge < -0.3 is 24.8 Å². The highest BCUT2D eigenvalue weighted by molar-refractivity contribution is 6.05. The van der Waals surface area contributed by atoms with E-state index in [2.05, 4.69) is 15.2 Å². The van der Waals surface area contributed by atoms with Crippen LogP contribution in [0.3, 0.4) is 0 Å². The normalized spacial score (nSPS) is 24.0. The molecule has 3 aliphatic heterocycles. The number of aromatic amines is 1. The van der Waals surface area contributed by atoms with Gasteiger partial charge in [0.2, 0.25) is 5.91 Å². The number of benzene rings is 1. The molecule has 0 spiro atoms. The quantitative estimate of drug-likeness (QED) is 0.348. The van der Waals surface area contributed by atoms with Crippen molar-refractivity contribution in [1.29, 1.82) is 0 Å². The third kappa shape index (κ3) is 5.89. The van der Waals surface area contributed by atoms with Gasteiger partial charge in [-0.05, 0) is 69.2 Å². The lowest BCUT2D eigenvalue weighted by Gasteiger charge is -2.45. The van der Waals surface area contributed by atoms with Crippen LogP contribution in [0, 0.1) is 5.92 Å². The Morgan fingerprint density at radius 2 is 1.97 bits per heavy atom. The van der Waals surface area contributed by atoms with Gasteiger partial charge in [-0.1, -0.05) is 24.6 Å². The molecule has 0 unspecified atom stereocenters. The lowest BCUT2D eigenvalue weighted by atomic mass is 9.83. The van der Waals surface area contributed by atoms with E-state index in [1.165, 1.54) is 30.6 Å². The van der Waals surface area contributed by atoms with Gasteiger partial charge in [0.15, 0.2) is 0 Å². The molecule has 4 heterocycles. The van der Waals surface area contributed by atoms with Crippen LogP contribution in [0.5, 0.6) is 0 Å². The summed E-state index contributed by atoms with van der Waals surface area (Å²) in [6.07, 6.45) is 9.28. The van der Waals surface area contributed by atoms with E-state index >= 15 is 0 Å². The molecule has 1 aromatic carbocycles. The average Bonchev–Trinajstić information content (AvgIpc) is 3.46. The Hall–Kier alpha value is -2.91. The molecule has 9 heteroatoms.